The average molecular weight is 390 g/mol. The van der Waals surface area contributed by atoms with Crippen LogP contribution >= 0.6 is 11.8 Å². The number of carbonyl (C=O) groups excluding carboxylic acids is 2. The zero-order chi connectivity index (χ0) is 20.1. The minimum absolute atomic E-state index is 0.0246. The second kappa shape index (κ2) is 9.08. The van der Waals surface area contributed by atoms with E-state index in [1.165, 1.54) is 18.0 Å². The van der Waals surface area contributed by atoms with Crippen molar-refractivity contribution in [3.8, 4) is 5.69 Å². The van der Waals surface area contributed by atoms with E-state index in [0.29, 0.717) is 10.9 Å². The minimum atomic E-state index is -0.876. The molecule has 0 saturated carbocycles. The van der Waals surface area contributed by atoms with Gasteiger partial charge in [-0.05, 0) is 53.0 Å². The molecule has 2 rings (SSSR count). The lowest BCUT2D eigenvalue weighted by Gasteiger charge is -2.32. The Balaban J connectivity index is 2.26. The van der Waals surface area contributed by atoms with Crippen LogP contribution in [0.5, 0.6) is 0 Å². The number of hydrogen-bond donors (Lipinski definition) is 0. The summed E-state index contributed by atoms with van der Waals surface area (Å²) in [6, 6.07) is 9.53. The van der Waals surface area contributed by atoms with Crippen molar-refractivity contribution < 1.29 is 14.3 Å². The van der Waals surface area contributed by atoms with Gasteiger partial charge in [0.1, 0.15) is 0 Å². The first-order chi connectivity index (χ1) is 12.8. The number of nitrogens with zero attached hydrogens (tertiary/aromatic N) is 3. The van der Waals surface area contributed by atoms with Gasteiger partial charge in [0.05, 0.1) is 6.20 Å². The molecule has 0 radical (unpaired) electrons. The average Bonchev–Trinajstić information content (AvgIpc) is 3.05. The largest absolute Gasteiger partial charge is 0.448 e. The molecule has 2 aromatic rings. The summed E-state index contributed by atoms with van der Waals surface area (Å²) in [5.41, 5.74) is 1.11. The van der Waals surface area contributed by atoms with Gasteiger partial charge < -0.3 is 9.64 Å². The molecule has 0 aliphatic heterocycles. The smallest absolute Gasteiger partial charge is 0.357 e. The molecule has 146 valence electrons. The van der Waals surface area contributed by atoms with Gasteiger partial charge in [-0.25, -0.2) is 9.78 Å². The first-order valence-electron chi connectivity index (χ1n) is 8.98. The van der Waals surface area contributed by atoms with Crippen molar-refractivity contribution in [2.45, 2.75) is 58.0 Å². The van der Waals surface area contributed by atoms with Gasteiger partial charge >= 0.3 is 5.97 Å². The van der Waals surface area contributed by atoms with Crippen molar-refractivity contribution in [3.05, 3.63) is 42.2 Å². The van der Waals surface area contributed by atoms with Crippen molar-refractivity contribution >= 4 is 23.6 Å². The second-order valence-electron chi connectivity index (χ2n) is 6.78. The normalized spacial score (nSPS) is 12.3. The third-order valence-corrected chi connectivity index (χ3v) is 4.79. The van der Waals surface area contributed by atoms with Crippen molar-refractivity contribution in [3.63, 3.8) is 0 Å². The highest BCUT2D eigenvalue weighted by Crippen LogP contribution is 2.22. The van der Waals surface area contributed by atoms with Crippen molar-refractivity contribution in [1.29, 1.82) is 0 Å². The highest BCUT2D eigenvalue weighted by atomic mass is 32.2. The molecule has 1 heterocycles. The summed E-state index contributed by atoms with van der Waals surface area (Å²) in [7, 11) is 0. The van der Waals surface area contributed by atoms with E-state index in [9.17, 15) is 9.59 Å². The van der Waals surface area contributed by atoms with Gasteiger partial charge in [-0.2, -0.15) is 0 Å². The van der Waals surface area contributed by atoms with Crippen molar-refractivity contribution in [2.24, 2.45) is 0 Å². The van der Waals surface area contributed by atoms with Crippen LogP contribution in [-0.4, -0.2) is 50.8 Å². The molecule has 0 aliphatic rings. The maximum Gasteiger partial charge on any atom is 0.357 e. The van der Waals surface area contributed by atoms with Crippen LogP contribution in [0.15, 0.2) is 41.7 Å². The van der Waals surface area contributed by atoms with Gasteiger partial charge in [-0.15, -0.1) is 0 Å². The van der Waals surface area contributed by atoms with Gasteiger partial charge in [0.2, 0.25) is 0 Å². The molecule has 0 spiro atoms. The molecule has 1 atom stereocenters. The topological polar surface area (TPSA) is 64.4 Å². The number of hydrogen-bond acceptors (Lipinski definition) is 5. The number of aromatic nitrogens is 2. The van der Waals surface area contributed by atoms with Crippen LogP contribution < -0.4 is 0 Å². The Kier molecular flexibility index (Phi) is 7.07. The van der Waals surface area contributed by atoms with Gasteiger partial charge in [0.25, 0.3) is 5.91 Å². The Morgan fingerprint density at radius 1 is 1.07 bits per heavy atom. The van der Waals surface area contributed by atoms with E-state index in [4.69, 9.17) is 4.74 Å². The van der Waals surface area contributed by atoms with Crippen LogP contribution in [0.2, 0.25) is 0 Å². The lowest BCUT2D eigenvalue weighted by atomic mass is 10.2. The molecular weight excluding hydrogens is 362 g/mol. The number of imidazole rings is 1. The van der Waals surface area contributed by atoms with Crippen LogP contribution in [0, 0.1) is 0 Å². The van der Waals surface area contributed by atoms with E-state index in [0.717, 1.165) is 5.69 Å². The number of amides is 1. The molecule has 0 N–H and O–H groups in total. The molecule has 0 aliphatic carbocycles. The summed E-state index contributed by atoms with van der Waals surface area (Å²) >= 11 is 1.44. The highest BCUT2D eigenvalue weighted by molar-refractivity contribution is 7.98. The zero-order valence-corrected chi connectivity index (χ0v) is 17.5. The summed E-state index contributed by atoms with van der Waals surface area (Å²) in [6.45, 7) is 9.39. The SMILES string of the molecule is CSc1ncc(C(=O)O[C@@H](C)C(=O)N(C(C)C)C(C)C)n1-c1ccccc1. The highest BCUT2D eigenvalue weighted by Gasteiger charge is 2.29. The monoisotopic (exact) mass is 389 g/mol. The number of ether oxygens (including phenoxy) is 1. The first-order valence-corrected chi connectivity index (χ1v) is 10.2. The molecule has 1 aromatic heterocycles. The predicted octanol–water partition coefficient (Wildman–Crippen LogP) is 3.78. The van der Waals surface area contributed by atoms with Crippen LogP contribution in [0.3, 0.4) is 0 Å². The number of benzene rings is 1. The fourth-order valence-electron chi connectivity index (χ4n) is 3.04. The van der Waals surface area contributed by atoms with E-state index in [1.54, 1.807) is 16.4 Å². The van der Waals surface area contributed by atoms with E-state index in [1.807, 2.05) is 64.3 Å². The quantitative estimate of drug-likeness (QED) is 0.533. The summed E-state index contributed by atoms with van der Waals surface area (Å²) in [4.78, 5) is 31.5. The Bertz CT molecular complexity index is 779. The molecule has 0 saturated heterocycles. The molecule has 7 heteroatoms. The number of para-hydroxylation sites is 1. The van der Waals surface area contributed by atoms with Gasteiger partial charge in [0.15, 0.2) is 17.0 Å². The fourth-order valence-corrected chi connectivity index (χ4v) is 3.58. The third kappa shape index (κ3) is 4.71. The van der Waals surface area contributed by atoms with E-state index < -0.39 is 12.1 Å². The first kappa shape index (κ1) is 21.0. The summed E-state index contributed by atoms with van der Waals surface area (Å²) in [6.07, 6.45) is 2.51. The number of thioether (sulfide) groups is 1. The van der Waals surface area contributed by atoms with E-state index in [-0.39, 0.29) is 18.0 Å². The fraction of sp³-hybridized carbons (Fsp3) is 0.450. The summed E-state index contributed by atoms with van der Waals surface area (Å²) in [5, 5.41) is 0.679. The van der Waals surface area contributed by atoms with Gasteiger partial charge in [-0.3, -0.25) is 9.36 Å². The molecule has 27 heavy (non-hydrogen) atoms. The molecular formula is C20H27N3O3S. The van der Waals surface area contributed by atoms with E-state index in [2.05, 4.69) is 4.98 Å². The number of carbonyl (C=O) groups is 2. The van der Waals surface area contributed by atoms with Crippen LogP contribution in [0.25, 0.3) is 5.69 Å². The summed E-state index contributed by atoms with van der Waals surface area (Å²) < 4.78 is 7.24. The Morgan fingerprint density at radius 3 is 2.19 bits per heavy atom. The van der Waals surface area contributed by atoms with E-state index >= 15 is 0 Å². The molecule has 0 unspecified atom stereocenters. The van der Waals surface area contributed by atoms with Crippen LogP contribution in [0.1, 0.15) is 45.1 Å². The van der Waals surface area contributed by atoms with Crippen LogP contribution in [0.4, 0.5) is 0 Å². The predicted molar refractivity (Wildman–Crippen MR) is 107 cm³/mol. The third-order valence-electron chi connectivity index (χ3n) is 4.13. The van der Waals surface area contributed by atoms with Gasteiger partial charge in [-0.1, -0.05) is 30.0 Å². The van der Waals surface area contributed by atoms with Gasteiger partial charge in [0, 0.05) is 17.8 Å². The van der Waals surface area contributed by atoms with Crippen molar-refractivity contribution in [2.75, 3.05) is 6.26 Å². The lowest BCUT2D eigenvalue weighted by molar-refractivity contribution is -0.143. The number of rotatable bonds is 7. The molecule has 0 fully saturated rings. The lowest BCUT2D eigenvalue weighted by Crippen LogP contribution is -2.47. The Morgan fingerprint density at radius 2 is 1.67 bits per heavy atom. The maximum absolute atomic E-state index is 12.8. The number of esters is 1. The molecule has 6 nitrogen and oxygen atoms in total. The summed E-state index contributed by atoms with van der Waals surface area (Å²) in [5.74, 6) is -0.774. The molecule has 0 bridgehead atoms. The molecule has 1 amide bonds. The minimum Gasteiger partial charge on any atom is -0.448 e. The standard InChI is InChI=1S/C20H27N3O3S/c1-13(2)22(14(3)4)18(24)15(5)26-19(25)17-12-21-20(27-6)23(17)16-10-8-7-9-11-16/h7-15H,1-6H3/t15-/m0/s1. The second-order valence-corrected chi connectivity index (χ2v) is 7.56. The van der Waals surface area contributed by atoms with Crippen LogP contribution in [-0.2, 0) is 9.53 Å². The Labute approximate surface area is 164 Å². The Hall–Kier alpha value is -2.28. The van der Waals surface area contributed by atoms with Crippen molar-refractivity contribution in [1.82, 2.24) is 14.5 Å². The maximum atomic E-state index is 12.8. The zero-order valence-electron chi connectivity index (χ0n) is 16.7. The molecule has 1 aromatic carbocycles.